The smallest absolute Gasteiger partial charge is 0.408 e. The second-order valence-corrected chi connectivity index (χ2v) is 11.6. The van der Waals surface area contributed by atoms with Crippen molar-refractivity contribution < 1.29 is 24.2 Å². The van der Waals surface area contributed by atoms with Crippen molar-refractivity contribution in [1.82, 2.24) is 15.5 Å². The second-order valence-electron chi connectivity index (χ2n) is 11.6. The highest BCUT2D eigenvalue weighted by Crippen LogP contribution is 2.32. The molecule has 0 saturated carbocycles. The standard InChI is InChI=1S/C30H43N3O5/c1-9-20(2)24(32-28(37)38-30(6,7)8)27(36)33(29(3,4)5)25(22-15-17-23(34)18-16-22)26(35)31-19-21-13-11-10-12-14-21/h10-18,20,24-25,34H,9,19H2,1-8H3,(H,31,35)(H,32,37). The fourth-order valence-corrected chi connectivity index (χ4v) is 4.07. The molecule has 0 aliphatic carbocycles. The molecule has 0 bridgehead atoms. The molecule has 0 aromatic heterocycles. The van der Waals surface area contributed by atoms with Gasteiger partial charge in [-0.2, -0.15) is 0 Å². The highest BCUT2D eigenvalue weighted by Gasteiger charge is 2.43. The van der Waals surface area contributed by atoms with Crippen LogP contribution in [0.15, 0.2) is 54.6 Å². The fourth-order valence-electron chi connectivity index (χ4n) is 4.07. The Labute approximate surface area is 226 Å². The van der Waals surface area contributed by atoms with Gasteiger partial charge in [-0.3, -0.25) is 9.59 Å². The summed E-state index contributed by atoms with van der Waals surface area (Å²) in [4.78, 5) is 42.3. The normalized spacial score (nSPS) is 14.1. The molecule has 3 atom stereocenters. The Bertz CT molecular complexity index is 1070. The van der Waals surface area contributed by atoms with Gasteiger partial charge in [0.05, 0.1) is 0 Å². The molecule has 0 heterocycles. The maximum atomic E-state index is 14.3. The number of phenols is 1. The van der Waals surface area contributed by atoms with Gasteiger partial charge < -0.3 is 25.4 Å². The minimum Gasteiger partial charge on any atom is -0.508 e. The number of hydrogen-bond donors (Lipinski definition) is 3. The zero-order valence-corrected chi connectivity index (χ0v) is 23.9. The molecule has 0 radical (unpaired) electrons. The van der Waals surface area contributed by atoms with Gasteiger partial charge in [0.2, 0.25) is 11.8 Å². The van der Waals surface area contributed by atoms with Crippen LogP contribution in [-0.4, -0.2) is 45.1 Å². The van der Waals surface area contributed by atoms with Gasteiger partial charge >= 0.3 is 6.09 Å². The van der Waals surface area contributed by atoms with Gasteiger partial charge in [-0.1, -0.05) is 62.7 Å². The van der Waals surface area contributed by atoms with Gasteiger partial charge in [0.25, 0.3) is 0 Å². The van der Waals surface area contributed by atoms with Crippen molar-refractivity contribution in [3.63, 3.8) is 0 Å². The summed E-state index contributed by atoms with van der Waals surface area (Å²) in [5.74, 6) is -0.948. The van der Waals surface area contributed by atoms with Gasteiger partial charge in [-0.25, -0.2) is 4.79 Å². The molecule has 3 unspecified atom stereocenters. The minimum atomic E-state index is -1.01. The van der Waals surface area contributed by atoms with E-state index in [1.54, 1.807) is 32.9 Å². The molecular formula is C30H43N3O5. The summed E-state index contributed by atoms with van der Waals surface area (Å²) >= 11 is 0. The summed E-state index contributed by atoms with van der Waals surface area (Å²) < 4.78 is 5.44. The summed E-state index contributed by atoms with van der Waals surface area (Å²) in [6.07, 6.45) is -0.0754. The van der Waals surface area contributed by atoms with Crippen molar-refractivity contribution in [2.24, 2.45) is 5.92 Å². The first-order valence-corrected chi connectivity index (χ1v) is 13.1. The molecule has 38 heavy (non-hydrogen) atoms. The van der Waals surface area contributed by atoms with E-state index < -0.39 is 35.2 Å². The van der Waals surface area contributed by atoms with E-state index >= 15 is 0 Å². The number of aromatic hydroxyl groups is 1. The zero-order valence-electron chi connectivity index (χ0n) is 23.9. The quantitative estimate of drug-likeness (QED) is 0.411. The van der Waals surface area contributed by atoms with Crippen LogP contribution in [0.3, 0.4) is 0 Å². The molecule has 0 aliphatic heterocycles. The highest BCUT2D eigenvalue weighted by molar-refractivity contribution is 5.92. The van der Waals surface area contributed by atoms with Gasteiger partial charge in [0.1, 0.15) is 23.4 Å². The number of nitrogens with zero attached hydrogens (tertiary/aromatic N) is 1. The van der Waals surface area contributed by atoms with E-state index in [1.807, 2.05) is 65.0 Å². The van der Waals surface area contributed by atoms with Crippen LogP contribution in [0.1, 0.15) is 79.0 Å². The lowest BCUT2D eigenvalue weighted by Crippen LogP contribution is -2.60. The molecule has 0 spiro atoms. The number of rotatable bonds is 9. The van der Waals surface area contributed by atoms with Crippen molar-refractivity contribution in [3.05, 3.63) is 65.7 Å². The maximum absolute atomic E-state index is 14.3. The number of carbonyl (C=O) groups is 3. The Kier molecular flexibility index (Phi) is 10.3. The Morgan fingerprint density at radius 3 is 2.03 bits per heavy atom. The number of carbonyl (C=O) groups excluding carboxylic acids is 3. The van der Waals surface area contributed by atoms with Crippen LogP contribution in [0.25, 0.3) is 0 Å². The predicted octanol–water partition coefficient (Wildman–Crippen LogP) is 5.32. The average Bonchev–Trinajstić information content (AvgIpc) is 2.83. The molecule has 3 N–H and O–H groups in total. The van der Waals surface area contributed by atoms with E-state index in [1.165, 1.54) is 17.0 Å². The molecule has 8 nitrogen and oxygen atoms in total. The number of phenolic OH excluding ortho intramolecular Hbond substituents is 1. The molecule has 8 heteroatoms. The van der Waals surface area contributed by atoms with Crippen LogP contribution >= 0.6 is 0 Å². The Balaban J connectivity index is 2.52. The van der Waals surface area contributed by atoms with Crippen molar-refractivity contribution in [1.29, 1.82) is 0 Å². The molecule has 0 saturated heterocycles. The third-order valence-electron chi connectivity index (χ3n) is 6.14. The highest BCUT2D eigenvalue weighted by atomic mass is 16.6. The summed E-state index contributed by atoms with van der Waals surface area (Å²) in [5.41, 5.74) is -0.0758. The van der Waals surface area contributed by atoms with Crippen LogP contribution in [0.4, 0.5) is 4.79 Å². The number of alkyl carbamates (subject to hydrolysis) is 1. The van der Waals surface area contributed by atoms with Crippen LogP contribution < -0.4 is 10.6 Å². The first kappa shape index (κ1) is 30.7. The van der Waals surface area contributed by atoms with E-state index in [0.717, 1.165) is 5.56 Å². The largest absolute Gasteiger partial charge is 0.508 e. The van der Waals surface area contributed by atoms with Crippen LogP contribution in [0.2, 0.25) is 0 Å². The van der Waals surface area contributed by atoms with Crippen LogP contribution in [0.5, 0.6) is 5.75 Å². The first-order valence-electron chi connectivity index (χ1n) is 13.1. The van der Waals surface area contributed by atoms with Crippen LogP contribution in [0, 0.1) is 5.92 Å². The molecule has 0 fully saturated rings. The maximum Gasteiger partial charge on any atom is 0.408 e. The number of benzene rings is 2. The summed E-state index contributed by atoms with van der Waals surface area (Å²) in [6, 6.07) is 13.8. The SMILES string of the molecule is CCC(C)C(NC(=O)OC(C)(C)C)C(=O)N(C(C(=O)NCc1ccccc1)c1ccc(O)cc1)C(C)(C)C. The summed E-state index contributed by atoms with van der Waals surface area (Å²) in [7, 11) is 0. The Morgan fingerprint density at radius 1 is 0.947 bits per heavy atom. The molecule has 3 amide bonds. The third-order valence-corrected chi connectivity index (χ3v) is 6.14. The van der Waals surface area contributed by atoms with E-state index in [0.29, 0.717) is 12.0 Å². The van der Waals surface area contributed by atoms with E-state index in [4.69, 9.17) is 4.74 Å². The lowest BCUT2D eigenvalue weighted by atomic mass is 9.91. The molecular weight excluding hydrogens is 482 g/mol. The Morgan fingerprint density at radius 2 is 1.53 bits per heavy atom. The van der Waals surface area contributed by atoms with Gasteiger partial charge in [-0.05, 0) is 70.7 Å². The minimum absolute atomic E-state index is 0.0508. The lowest BCUT2D eigenvalue weighted by Gasteiger charge is -2.43. The zero-order chi connectivity index (χ0) is 28.7. The van der Waals surface area contributed by atoms with Crippen molar-refractivity contribution in [2.45, 2.75) is 91.6 Å². The molecule has 208 valence electrons. The van der Waals surface area contributed by atoms with E-state index in [9.17, 15) is 19.5 Å². The predicted molar refractivity (Wildman–Crippen MR) is 148 cm³/mol. The van der Waals surface area contributed by atoms with E-state index in [-0.39, 0.29) is 24.1 Å². The Hall–Kier alpha value is -3.55. The second kappa shape index (κ2) is 12.8. The molecule has 2 rings (SSSR count). The van der Waals surface area contributed by atoms with Crippen LogP contribution in [-0.2, 0) is 20.9 Å². The van der Waals surface area contributed by atoms with Crippen molar-refractivity contribution >= 4 is 17.9 Å². The fraction of sp³-hybridized carbons (Fsp3) is 0.500. The molecule has 2 aromatic rings. The van der Waals surface area contributed by atoms with Crippen molar-refractivity contribution in [2.75, 3.05) is 0 Å². The van der Waals surface area contributed by atoms with Crippen molar-refractivity contribution in [3.8, 4) is 5.75 Å². The number of amides is 3. The van der Waals surface area contributed by atoms with Gasteiger partial charge in [-0.15, -0.1) is 0 Å². The number of nitrogens with one attached hydrogen (secondary N) is 2. The van der Waals surface area contributed by atoms with Gasteiger partial charge in [0.15, 0.2) is 0 Å². The van der Waals surface area contributed by atoms with E-state index in [2.05, 4.69) is 10.6 Å². The molecule has 0 aliphatic rings. The topological polar surface area (TPSA) is 108 Å². The number of hydrogen-bond acceptors (Lipinski definition) is 5. The third kappa shape index (κ3) is 8.78. The lowest BCUT2D eigenvalue weighted by molar-refractivity contribution is -0.149. The summed E-state index contributed by atoms with van der Waals surface area (Å²) in [6.45, 7) is 14.9. The monoisotopic (exact) mass is 525 g/mol. The number of ether oxygens (including phenoxy) is 1. The average molecular weight is 526 g/mol. The first-order chi connectivity index (χ1) is 17.6. The van der Waals surface area contributed by atoms with Gasteiger partial charge in [0, 0.05) is 12.1 Å². The summed E-state index contributed by atoms with van der Waals surface area (Å²) in [5, 5.41) is 15.6. The molecule has 2 aromatic carbocycles.